The predicted octanol–water partition coefficient (Wildman–Crippen LogP) is -0.998. The molecule has 0 fully saturated rings. The third-order valence-corrected chi connectivity index (χ3v) is 10.5. The molecule has 5 heteroatoms. The normalized spacial score (nSPS) is 24.2. The van der Waals surface area contributed by atoms with Gasteiger partial charge in [0.25, 0.3) is 0 Å². The number of allylic oxidation sites excluding steroid dienone is 6. The van der Waals surface area contributed by atoms with Gasteiger partial charge in [0.1, 0.15) is 0 Å². The summed E-state index contributed by atoms with van der Waals surface area (Å²) in [4.78, 5) is 0. The van der Waals surface area contributed by atoms with Crippen LogP contribution in [0.2, 0.25) is 13.1 Å². The van der Waals surface area contributed by atoms with Gasteiger partial charge in [0.05, 0.1) is 0 Å². The van der Waals surface area contributed by atoms with Crippen LogP contribution >= 0.6 is 0 Å². The molecule has 0 aliphatic heterocycles. The largest absolute Gasteiger partial charge is 1.00 e. The van der Waals surface area contributed by atoms with Gasteiger partial charge in [-0.3, -0.25) is 0 Å². The van der Waals surface area contributed by atoms with Crippen LogP contribution in [-0.2, 0) is 25.2 Å². The molecule has 1 nitrogen and oxygen atoms in total. The first-order valence-electron chi connectivity index (χ1n) is 7.86. The molecule has 0 aromatic rings. The maximum Gasteiger partial charge on any atom is -1.00 e. The van der Waals surface area contributed by atoms with E-state index >= 15 is 0 Å². The summed E-state index contributed by atoms with van der Waals surface area (Å²) in [6, 6.07) is 0. The predicted molar refractivity (Wildman–Crippen MR) is 89.3 cm³/mol. The molecular weight excluding hydrogens is 379 g/mol. The Morgan fingerprint density at radius 2 is 1.83 bits per heavy atom. The van der Waals surface area contributed by atoms with Gasteiger partial charge in [-0.1, -0.05) is 0 Å². The van der Waals surface area contributed by atoms with Crippen molar-refractivity contribution in [3.05, 3.63) is 44.5 Å². The van der Waals surface area contributed by atoms with E-state index < -0.39 is 8.07 Å². The number of hydrogen-bond acceptors (Lipinski definition) is 1. The summed E-state index contributed by atoms with van der Waals surface area (Å²) in [6.45, 7) is 13.7. The molecule has 1 atom stereocenters. The van der Waals surface area contributed by atoms with Crippen LogP contribution in [-0.4, -0.2) is 19.4 Å². The van der Waals surface area contributed by atoms with Crippen LogP contribution in [0.25, 0.3) is 0 Å². The summed E-state index contributed by atoms with van der Waals surface area (Å²) < 4.78 is 8.19. The van der Waals surface area contributed by atoms with Crippen molar-refractivity contribution in [3.8, 4) is 0 Å². The molecule has 0 saturated carbocycles. The molecule has 23 heavy (non-hydrogen) atoms. The van der Waals surface area contributed by atoms with Crippen molar-refractivity contribution < 1.29 is 50.0 Å². The fourth-order valence-electron chi connectivity index (χ4n) is 3.73. The Kier molecular flexibility index (Phi) is 8.85. The van der Waals surface area contributed by atoms with Gasteiger partial charge in [-0.05, 0) is 0 Å². The van der Waals surface area contributed by atoms with E-state index in [2.05, 4.69) is 85.5 Å². The van der Waals surface area contributed by atoms with Crippen molar-refractivity contribution in [3.63, 3.8) is 0 Å². The summed E-state index contributed by atoms with van der Waals surface area (Å²) in [5.41, 5.74) is 2.78. The molecule has 0 saturated heterocycles. The number of ether oxygens (including phenoxy) is 1. The fourth-order valence-corrected chi connectivity index (χ4v) is 9.53. The minimum absolute atomic E-state index is 0. The molecule has 1 unspecified atom stereocenters. The summed E-state index contributed by atoms with van der Waals surface area (Å²) in [6.07, 6.45) is 11.7. The first-order chi connectivity index (χ1) is 9.70. The van der Waals surface area contributed by atoms with E-state index in [-0.39, 0.29) is 36.1 Å². The smallest absolute Gasteiger partial charge is 1.00 e. The van der Waals surface area contributed by atoms with Crippen LogP contribution in [0.15, 0.2) is 44.5 Å². The SMILES string of the molecule is CC1=CCC(OC(C)C)([Si](C)(C)C2=[C]([Ti+2])CC=C2)C(C)=C1.[Cl-].[Cl-]. The first-order valence-corrected chi connectivity index (χ1v) is 11.6. The second kappa shape index (κ2) is 8.69. The average molecular weight is 406 g/mol. The van der Waals surface area contributed by atoms with E-state index in [1.807, 2.05) is 0 Å². The molecule has 0 amide bonds. The number of hydrogen-bond donors (Lipinski definition) is 0. The third kappa shape index (κ3) is 4.34. The average Bonchev–Trinajstić information content (AvgIpc) is 2.79. The van der Waals surface area contributed by atoms with E-state index in [0.717, 1.165) is 12.8 Å². The molecule has 2 aliphatic carbocycles. The van der Waals surface area contributed by atoms with Gasteiger partial charge < -0.3 is 24.8 Å². The fraction of sp³-hybridized carbons (Fsp3) is 0.556. The van der Waals surface area contributed by atoms with Crippen LogP contribution < -0.4 is 24.8 Å². The molecule has 2 aliphatic rings. The van der Waals surface area contributed by atoms with E-state index in [4.69, 9.17) is 4.74 Å². The van der Waals surface area contributed by atoms with Crippen molar-refractivity contribution in [2.75, 3.05) is 0 Å². The monoisotopic (exact) mass is 405 g/mol. The Balaban J connectivity index is 0.00000242. The topological polar surface area (TPSA) is 9.23 Å². The van der Waals surface area contributed by atoms with E-state index in [1.54, 1.807) is 5.20 Å². The molecule has 0 aromatic heterocycles. The summed E-state index contributed by atoms with van der Waals surface area (Å²) in [5, 5.41) is 1.48. The zero-order valence-corrected chi connectivity index (χ0v) is 19.0. The van der Waals surface area contributed by atoms with Crippen molar-refractivity contribution in [2.45, 2.75) is 65.0 Å². The second-order valence-corrected chi connectivity index (χ2v) is 12.6. The summed E-state index contributed by atoms with van der Waals surface area (Å²) in [7, 11) is -1.78. The Morgan fingerprint density at radius 3 is 2.26 bits per heavy atom. The molecule has 0 aromatic carbocycles. The molecule has 0 spiro atoms. The zero-order valence-electron chi connectivity index (χ0n) is 15.0. The van der Waals surface area contributed by atoms with Gasteiger partial charge >= 0.3 is 143 Å². The molecule has 127 valence electrons. The first kappa shape index (κ1) is 23.4. The molecule has 2 rings (SSSR count). The Hall–Kier alpha value is 0.431. The van der Waals surface area contributed by atoms with Crippen molar-refractivity contribution >= 4 is 8.07 Å². The Labute approximate surface area is 166 Å². The number of rotatable bonds is 4. The zero-order chi connectivity index (χ0) is 15.8. The molecule has 0 N–H and O–H groups in total. The molecule has 0 heterocycles. The minimum atomic E-state index is -1.78. The van der Waals surface area contributed by atoms with Gasteiger partial charge in [-0.15, -0.1) is 0 Å². The van der Waals surface area contributed by atoms with Gasteiger partial charge in [0, 0.05) is 0 Å². The van der Waals surface area contributed by atoms with Gasteiger partial charge in [0.2, 0.25) is 0 Å². The van der Waals surface area contributed by atoms with Gasteiger partial charge in [-0.2, -0.15) is 0 Å². The van der Waals surface area contributed by atoms with Crippen LogP contribution in [0, 0.1) is 0 Å². The maximum atomic E-state index is 6.65. The molecular formula is C18H27Cl2OSiTi. The van der Waals surface area contributed by atoms with Gasteiger partial charge in [0.15, 0.2) is 0 Å². The summed E-state index contributed by atoms with van der Waals surface area (Å²) in [5.74, 6) is 0. The number of halogens is 2. The Bertz CT molecular complexity index is 561. The van der Waals surface area contributed by atoms with Crippen molar-refractivity contribution in [1.29, 1.82) is 0 Å². The van der Waals surface area contributed by atoms with E-state index in [0.29, 0.717) is 0 Å². The standard InChI is InChI=1S/C18H27OSi.2ClH.Ti/c1-14(2)19-18(12-11-15(3)13-16(18)4)20(5,6)17-9-7-8-10-17;;;/h7,9,11,13-14H,8,12H2,1-6H3;2*1H;/q;;;+2/p-2. The van der Waals surface area contributed by atoms with Crippen LogP contribution in [0.4, 0.5) is 0 Å². The maximum absolute atomic E-state index is 6.65. The quantitative estimate of drug-likeness (QED) is 0.545. The Morgan fingerprint density at radius 1 is 1.22 bits per heavy atom. The van der Waals surface area contributed by atoms with E-state index in [1.165, 1.54) is 15.0 Å². The molecule has 0 bridgehead atoms. The van der Waals surface area contributed by atoms with Crippen LogP contribution in [0.1, 0.15) is 40.5 Å². The summed E-state index contributed by atoms with van der Waals surface area (Å²) >= 11 is 2.29. The molecule has 0 radical (unpaired) electrons. The van der Waals surface area contributed by atoms with Crippen molar-refractivity contribution in [2.24, 2.45) is 0 Å². The van der Waals surface area contributed by atoms with Crippen molar-refractivity contribution in [1.82, 2.24) is 0 Å². The third-order valence-electron chi connectivity index (χ3n) is 4.84. The van der Waals surface area contributed by atoms with E-state index in [9.17, 15) is 0 Å². The second-order valence-electron chi connectivity index (χ2n) is 7.10. The van der Waals surface area contributed by atoms with Crippen LogP contribution in [0.3, 0.4) is 0 Å². The van der Waals surface area contributed by atoms with Gasteiger partial charge in [-0.25, -0.2) is 0 Å². The minimum Gasteiger partial charge on any atom is -1.00 e. The van der Waals surface area contributed by atoms with Crippen LogP contribution in [0.5, 0.6) is 0 Å².